The summed E-state index contributed by atoms with van der Waals surface area (Å²) in [6, 6.07) is 7.59. The normalized spacial score (nSPS) is 10.7. The Labute approximate surface area is 113 Å². The van der Waals surface area contributed by atoms with Crippen LogP contribution in [0.2, 0.25) is 0 Å². The summed E-state index contributed by atoms with van der Waals surface area (Å²) in [6.45, 7) is 1.93. The molecule has 2 N–H and O–H groups in total. The number of carbonyl (C=O) groups is 1. The molecule has 0 amide bonds. The number of aromatic nitrogens is 4. The lowest BCUT2D eigenvalue weighted by Crippen LogP contribution is -1.99. The van der Waals surface area contributed by atoms with Crippen molar-refractivity contribution in [3.05, 3.63) is 41.9 Å². The Bertz CT molecular complexity index is 775. The number of hydrogen-bond donors (Lipinski definition) is 2. The molecule has 0 saturated heterocycles. The molecule has 3 aromatic rings. The number of aromatic amines is 1. The molecule has 3 rings (SSSR count). The number of nitrogens with zero attached hydrogens (tertiary/aromatic N) is 3. The van der Waals surface area contributed by atoms with Crippen LogP contribution in [0.15, 0.2) is 35.1 Å². The van der Waals surface area contributed by atoms with Gasteiger partial charge in [-0.1, -0.05) is 29.4 Å². The van der Waals surface area contributed by atoms with E-state index in [1.54, 1.807) is 0 Å². The Hall–Kier alpha value is -2.96. The van der Waals surface area contributed by atoms with Crippen molar-refractivity contribution in [2.24, 2.45) is 0 Å². The molecule has 7 heteroatoms. The Morgan fingerprint density at radius 2 is 2.15 bits per heavy atom. The monoisotopic (exact) mass is 270 g/mol. The quantitative estimate of drug-likeness (QED) is 0.755. The van der Waals surface area contributed by atoms with Crippen LogP contribution >= 0.6 is 0 Å². The van der Waals surface area contributed by atoms with Crippen molar-refractivity contribution in [3.63, 3.8) is 0 Å². The largest absolute Gasteiger partial charge is 0.476 e. The molecule has 0 radical (unpaired) electrons. The molecule has 0 aliphatic carbocycles. The van der Waals surface area contributed by atoms with Crippen LogP contribution in [0.1, 0.15) is 16.1 Å². The maximum Gasteiger partial charge on any atom is 0.356 e. The number of aryl methyl sites for hydroxylation is 1. The minimum Gasteiger partial charge on any atom is -0.476 e. The third kappa shape index (κ3) is 1.95. The summed E-state index contributed by atoms with van der Waals surface area (Å²) in [6.07, 6.45) is 1.27. The van der Waals surface area contributed by atoms with Gasteiger partial charge in [0.05, 0.1) is 6.33 Å². The van der Waals surface area contributed by atoms with Crippen LogP contribution in [0, 0.1) is 6.92 Å². The van der Waals surface area contributed by atoms with E-state index in [2.05, 4.69) is 20.1 Å². The summed E-state index contributed by atoms with van der Waals surface area (Å²) >= 11 is 0. The van der Waals surface area contributed by atoms with Gasteiger partial charge in [-0.05, 0) is 12.5 Å². The first-order valence-electron chi connectivity index (χ1n) is 5.83. The Kier molecular flexibility index (Phi) is 2.79. The first kappa shape index (κ1) is 12.1. The summed E-state index contributed by atoms with van der Waals surface area (Å²) in [4.78, 5) is 21.6. The van der Waals surface area contributed by atoms with E-state index in [0.29, 0.717) is 5.82 Å². The van der Waals surface area contributed by atoms with Gasteiger partial charge in [0.25, 0.3) is 5.89 Å². The average Bonchev–Trinajstić information content (AvgIpc) is 3.07. The van der Waals surface area contributed by atoms with Gasteiger partial charge in [-0.25, -0.2) is 9.78 Å². The zero-order valence-electron chi connectivity index (χ0n) is 10.5. The molecule has 2 heterocycles. The van der Waals surface area contributed by atoms with E-state index in [1.807, 2.05) is 31.2 Å². The fourth-order valence-corrected chi connectivity index (χ4v) is 1.88. The molecule has 0 saturated carbocycles. The lowest BCUT2D eigenvalue weighted by atomic mass is 10.1. The van der Waals surface area contributed by atoms with E-state index in [1.165, 1.54) is 6.33 Å². The number of rotatable bonds is 3. The van der Waals surface area contributed by atoms with Crippen molar-refractivity contribution >= 4 is 5.97 Å². The van der Waals surface area contributed by atoms with Crippen molar-refractivity contribution in [2.75, 3.05) is 0 Å². The van der Waals surface area contributed by atoms with Gasteiger partial charge in [0.15, 0.2) is 5.69 Å². The summed E-state index contributed by atoms with van der Waals surface area (Å²) in [5, 5.41) is 12.9. The minimum atomic E-state index is -1.16. The minimum absolute atomic E-state index is 0.0955. The molecule has 1 aromatic carbocycles. The maximum absolute atomic E-state index is 11.0. The van der Waals surface area contributed by atoms with Crippen molar-refractivity contribution in [2.45, 2.75) is 6.92 Å². The second-order valence-corrected chi connectivity index (χ2v) is 4.17. The van der Waals surface area contributed by atoms with Crippen LogP contribution in [0.3, 0.4) is 0 Å². The van der Waals surface area contributed by atoms with Crippen LogP contribution in [0.25, 0.3) is 23.0 Å². The molecule has 0 atom stereocenters. The average molecular weight is 270 g/mol. The zero-order chi connectivity index (χ0) is 14.1. The van der Waals surface area contributed by atoms with Gasteiger partial charge in [-0.15, -0.1) is 0 Å². The number of imidazole rings is 1. The fraction of sp³-hybridized carbons (Fsp3) is 0.0769. The van der Waals surface area contributed by atoms with E-state index in [-0.39, 0.29) is 17.3 Å². The van der Waals surface area contributed by atoms with Crippen molar-refractivity contribution in [3.8, 4) is 23.0 Å². The molecular weight excluding hydrogens is 260 g/mol. The summed E-state index contributed by atoms with van der Waals surface area (Å²) in [7, 11) is 0. The second-order valence-electron chi connectivity index (χ2n) is 4.17. The Morgan fingerprint density at radius 3 is 2.90 bits per heavy atom. The number of benzene rings is 1. The van der Waals surface area contributed by atoms with Gasteiger partial charge >= 0.3 is 5.97 Å². The maximum atomic E-state index is 11.0. The number of carboxylic acids is 1. The number of carboxylic acid groups (broad SMARTS) is 1. The topological polar surface area (TPSA) is 105 Å². The Balaban J connectivity index is 2.05. The molecule has 2 aromatic heterocycles. The smallest absolute Gasteiger partial charge is 0.356 e. The summed E-state index contributed by atoms with van der Waals surface area (Å²) in [5.74, 6) is -0.654. The number of H-pyrrole nitrogens is 1. The lowest BCUT2D eigenvalue weighted by molar-refractivity contribution is 0.0691. The van der Waals surface area contributed by atoms with Gasteiger partial charge in [0, 0.05) is 5.56 Å². The third-order valence-electron chi connectivity index (χ3n) is 2.87. The zero-order valence-corrected chi connectivity index (χ0v) is 10.5. The third-order valence-corrected chi connectivity index (χ3v) is 2.87. The molecule has 0 aliphatic rings. The summed E-state index contributed by atoms with van der Waals surface area (Å²) in [5.41, 5.74) is 1.89. The number of nitrogens with one attached hydrogen (secondary N) is 1. The highest BCUT2D eigenvalue weighted by Gasteiger charge is 2.20. The Morgan fingerprint density at radius 1 is 1.35 bits per heavy atom. The second kappa shape index (κ2) is 4.61. The highest BCUT2D eigenvalue weighted by molar-refractivity contribution is 5.91. The van der Waals surface area contributed by atoms with E-state index in [0.717, 1.165) is 11.1 Å². The first-order valence-corrected chi connectivity index (χ1v) is 5.83. The molecule has 7 nitrogen and oxygen atoms in total. The van der Waals surface area contributed by atoms with Crippen molar-refractivity contribution in [1.29, 1.82) is 0 Å². The number of aromatic carboxylic acids is 1. The van der Waals surface area contributed by atoms with Gasteiger partial charge in [-0.3, -0.25) is 0 Å². The molecule has 0 bridgehead atoms. The summed E-state index contributed by atoms with van der Waals surface area (Å²) < 4.78 is 5.11. The lowest BCUT2D eigenvalue weighted by Gasteiger charge is -1.97. The number of hydrogen-bond acceptors (Lipinski definition) is 5. The van der Waals surface area contributed by atoms with Gasteiger partial charge < -0.3 is 14.6 Å². The molecule has 20 heavy (non-hydrogen) atoms. The molecule has 0 aliphatic heterocycles. The predicted molar refractivity (Wildman–Crippen MR) is 69.0 cm³/mol. The fourth-order valence-electron chi connectivity index (χ4n) is 1.88. The SMILES string of the molecule is Cc1ccccc1-c1noc(-c2[nH]cnc2C(=O)O)n1. The molecule has 0 fully saturated rings. The van der Waals surface area contributed by atoms with Gasteiger partial charge in [0.1, 0.15) is 5.69 Å². The van der Waals surface area contributed by atoms with E-state index in [4.69, 9.17) is 9.63 Å². The molecule has 0 spiro atoms. The van der Waals surface area contributed by atoms with Crippen LogP contribution in [0.5, 0.6) is 0 Å². The van der Waals surface area contributed by atoms with Gasteiger partial charge in [0.2, 0.25) is 5.82 Å². The van der Waals surface area contributed by atoms with Crippen LogP contribution < -0.4 is 0 Å². The van der Waals surface area contributed by atoms with Crippen LogP contribution in [0.4, 0.5) is 0 Å². The van der Waals surface area contributed by atoms with Crippen molar-refractivity contribution < 1.29 is 14.4 Å². The van der Waals surface area contributed by atoms with Gasteiger partial charge in [-0.2, -0.15) is 4.98 Å². The highest BCUT2D eigenvalue weighted by atomic mass is 16.5. The van der Waals surface area contributed by atoms with Crippen LogP contribution in [-0.4, -0.2) is 31.2 Å². The highest BCUT2D eigenvalue weighted by Crippen LogP contribution is 2.24. The predicted octanol–water partition coefficient (Wildman–Crippen LogP) is 2.13. The molecule has 100 valence electrons. The van der Waals surface area contributed by atoms with E-state index in [9.17, 15) is 4.79 Å². The van der Waals surface area contributed by atoms with Crippen molar-refractivity contribution in [1.82, 2.24) is 20.1 Å². The van der Waals surface area contributed by atoms with Crippen LogP contribution in [-0.2, 0) is 0 Å². The standard InChI is InChI=1S/C13H10N4O3/c1-7-4-2-3-5-8(7)11-16-12(20-17-11)9-10(13(18)19)15-6-14-9/h2-6H,1H3,(H,14,15)(H,18,19). The molecule has 0 unspecified atom stereocenters. The van der Waals surface area contributed by atoms with E-state index >= 15 is 0 Å². The first-order chi connectivity index (χ1) is 9.66. The molecular formula is C13H10N4O3. The van der Waals surface area contributed by atoms with E-state index < -0.39 is 5.97 Å².